The van der Waals surface area contributed by atoms with Crippen LogP contribution >= 0.6 is 11.3 Å². The van der Waals surface area contributed by atoms with Crippen molar-refractivity contribution in [1.82, 2.24) is 4.98 Å². The van der Waals surface area contributed by atoms with Crippen molar-refractivity contribution in [1.29, 1.82) is 0 Å². The van der Waals surface area contributed by atoms with Crippen LogP contribution in [0.3, 0.4) is 0 Å². The average molecular weight is 248 g/mol. The van der Waals surface area contributed by atoms with Gasteiger partial charge >= 0.3 is 0 Å². The first kappa shape index (κ1) is 12.6. The lowest BCUT2D eigenvalue weighted by molar-refractivity contribution is 0.543. The molecule has 0 amide bonds. The first-order chi connectivity index (χ1) is 6.68. The predicted molar refractivity (Wildman–Crippen MR) is 62.6 cm³/mol. The quantitative estimate of drug-likeness (QED) is 0.866. The van der Waals surface area contributed by atoms with Crippen LogP contribution in [-0.4, -0.2) is 24.7 Å². The van der Waals surface area contributed by atoms with Crippen LogP contribution in [0.5, 0.6) is 0 Å². The summed E-state index contributed by atoms with van der Waals surface area (Å²) in [6.45, 7) is 5.27. The fourth-order valence-electron chi connectivity index (χ4n) is 1.32. The highest BCUT2D eigenvalue weighted by molar-refractivity contribution is 7.90. The van der Waals surface area contributed by atoms with Crippen molar-refractivity contribution in [2.75, 3.05) is 5.75 Å². The van der Waals surface area contributed by atoms with Crippen LogP contribution < -0.4 is 5.73 Å². The molecule has 1 aromatic rings. The monoisotopic (exact) mass is 248 g/mol. The van der Waals surface area contributed by atoms with Crippen LogP contribution in [0.1, 0.15) is 24.5 Å². The lowest BCUT2D eigenvalue weighted by Crippen LogP contribution is -2.40. The smallest absolute Gasteiger partial charge is 0.157 e. The van der Waals surface area contributed by atoms with E-state index < -0.39 is 15.4 Å². The Kier molecular flexibility index (Phi) is 3.52. The molecule has 0 unspecified atom stereocenters. The first-order valence-corrected chi connectivity index (χ1v) is 7.28. The number of thiazole rings is 1. The third-order valence-corrected chi connectivity index (χ3v) is 4.37. The normalized spacial score (nSPS) is 13.1. The third-order valence-electron chi connectivity index (χ3n) is 1.63. The molecule has 0 bridgehead atoms. The van der Waals surface area contributed by atoms with Gasteiger partial charge in [0.05, 0.1) is 22.2 Å². The van der Waals surface area contributed by atoms with Gasteiger partial charge in [-0.2, -0.15) is 0 Å². The Bertz CT molecular complexity index is 429. The second kappa shape index (κ2) is 4.19. The molecule has 0 fully saturated rings. The van der Waals surface area contributed by atoms with Crippen molar-refractivity contribution in [2.24, 2.45) is 5.73 Å². The van der Waals surface area contributed by atoms with Crippen LogP contribution in [0.15, 0.2) is 5.38 Å². The van der Waals surface area contributed by atoms with Gasteiger partial charge in [0, 0.05) is 10.9 Å². The molecule has 6 heteroatoms. The molecule has 1 rings (SSSR count). The van der Waals surface area contributed by atoms with E-state index in [9.17, 15) is 8.42 Å². The van der Waals surface area contributed by atoms with E-state index in [1.165, 1.54) is 11.3 Å². The highest BCUT2D eigenvalue weighted by Gasteiger charge is 2.23. The van der Waals surface area contributed by atoms with E-state index in [2.05, 4.69) is 4.98 Å². The molecule has 86 valence electrons. The topological polar surface area (TPSA) is 73.0 Å². The van der Waals surface area contributed by atoms with Gasteiger partial charge in [-0.1, -0.05) is 0 Å². The van der Waals surface area contributed by atoms with Crippen molar-refractivity contribution in [2.45, 2.75) is 32.1 Å². The molecule has 2 N–H and O–H groups in total. The number of aryl methyl sites for hydroxylation is 1. The lowest BCUT2D eigenvalue weighted by Gasteiger charge is -2.17. The fourth-order valence-corrected chi connectivity index (χ4v) is 3.87. The highest BCUT2D eigenvalue weighted by Crippen LogP contribution is 2.13. The summed E-state index contributed by atoms with van der Waals surface area (Å²) in [6, 6.07) is 0. The van der Waals surface area contributed by atoms with Crippen molar-refractivity contribution in [3.8, 4) is 0 Å². The van der Waals surface area contributed by atoms with Crippen LogP contribution in [0.25, 0.3) is 0 Å². The molecule has 0 aliphatic heterocycles. The van der Waals surface area contributed by atoms with Gasteiger partial charge in [0.25, 0.3) is 0 Å². The summed E-state index contributed by atoms with van der Waals surface area (Å²) in [5.74, 6) is -0.0332. The van der Waals surface area contributed by atoms with Crippen molar-refractivity contribution >= 4 is 21.2 Å². The second-order valence-corrected chi connectivity index (χ2v) is 7.51. The fraction of sp³-hybridized carbons (Fsp3) is 0.667. The van der Waals surface area contributed by atoms with Gasteiger partial charge in [-0.15, -0.1) is 11.3 Å². The SMILES string of the molecule is Cc1nc(CS(=O)(=O)CC(C)(C)N)cs1. The molecule has 0 atom stereocenters. The van der Waals surface area contributed by atoms with Crippen LogP contribution in [0.4, 0.5) is 0 Å². The van der Waals surface area contributed by atoms with E-state index in [4.69, 9.17) is 5.73 Å². The van der Waals surface area contributed by atoms with Gasteiger partial charge in [-0.25, -0.2) is 13.4 Å². The Morgan fingerprint density at radius 2 is 2.13 bits per heavy atom. The van der Waals surface area contributed by atoms with E-state index >= 15 is 0 Å². The summed E-state index contributed by atoms with van der Waals surface area (Å²) < 4.78 is 23.4. The molecule has 1 heterocycles. The highest BCUT2D eigenvalue weighted by atomic mass is 32.2. The zero-order valence-electron chi connectivity index (χ0n) is 9.15. The minimum absolute atomic E-state index is 0.0159. The van der Waals surface area contributed by atoms with E-state index in [1.807, 2.05) is 6.92 Å². The number of sulfone groups is 1. The summed E-state index contributed by atoms with van der Waals surface area (Å²) in [4.78, 5) is 4.12. The summed E-state index contributed by atoms with van der Waals surface area (Å²) in [5, 5.41) is 2.66. The molecule has 1 aromatic heterocycles. The first-order valence-electron chi connectivity index (χ1n) is 4.58. The molecule has 0 spiro atoms. The zero-order valence-corrected chi connectivity index (χ0v) is 10.8. The molecule has 4 nitrogen and oxygen atoms in total. The number of hydrogen-bond acceptors (Lipinski definition) is 5. The summed E-state index contributed by atoms with van der Waals surface area (Å²) in [6.07, 6.45) is 0. The number of aromatic nitrogens is 1. The molecular formula is C9H16N2O2S2. The molecule has 15 heavy (non-hydrogen) atoms. The number of nitrogens with two attached hydrogens (primary N) is 1. The van der Waals surface area contributed by atoms with Crippen LogP contribution in [-0.2, 0) is 15.6 Å². The maximum Gasteiger partial charge on any atom is 0.157 e. The standard InChI is InChI=1S/C9H16N2O2S2/c1-7-11-8(4-14-7)5-15(12,13)6-9(2,3)10/h4H,5-6,10H2,1-3H3. The molecule has 0 saturated heterocycles. The molecule has 0 saturated carbocycles. The Hall–Kier alpha value is -0.460. The van der Waals surface area contributed by atoms with Gasteiger partial charge in [0.1, 0.15) is 0 Å². The lowest BCUT2D eigenvalue weighted by atomic mass is 10.1. The van der Waals surface area contributed by atoms with E-state index in [1.54, 1.807) is 19.2 Å². The zero-order chi connectivity index (χ0) is 11.7. The molecular weight excluding hydrogens is 232 g/mol. The van der Waals surface area contributed by atoms with Gasteiger partial charge in [-0.3, -0.25) is 0 Å². The predicted octanol–water partition coefficient (Wildman–Crippen LogP) is 1.10. The molecule has 0 aromatic carbocycles. The van der Waals surface area contributed by atoms with Gasteiger partial charge in [-0.05, 0) is 20.8 Å². The van der Waals surface area contributed by atoms with E-state index in [0.29, 0.717) is 5.69 Å². The summed E-state index contributed by atoms with van der Waals surface area (Å²) >= 11 is 1.46. The van der Waals surface area contributed by atoms with E-state index in [0.717, 1.165) is 5.01 Å². The van der Waals surface area contributed by atoms with Gasteiger partial charge < -0.3 is 5.73 Å². The summed E-state index contributed by atoms with van der Waals surface area (Å²) in [7, 11) is -3.16. The Morgan fingerprint density at radius 3 is 2.53 bits per heavy atom. The second-order valence-electron chi connectivity index (χ2n) is 4.38. The maximum atomic E-state index is 11.7. The molecule has 0 aliphatic carbocycles. The van der Waals surface area contributed by atoms with E-state index in [-0.39, 0.29) is 11.5 Å². The van der Waals surface area contributed by atoms with Crippen LogP contribution in [0.2, 0.25) is 0 Å². The number of hydrogen-bond donors (Lipinski definition) is 1. The summed E-state index contributed by atoms with van der Waals surface area (Å²) in [5.41, 5.74) is 5.61. The Labute approximate surface area is 94.4 Å². The number of nitrogens with zero attached hydrogens (tertiary/aromatic N) is 1. The Balaban J connectivity index is 2.73. The minimum atomic E-state index is -3.16. The molecule has 0 radical (unpaired) electrons. The van der Waals surface area contributed by atoms with Crippen molar-refractivity contribution < 1.29 is 8.42 Å². The molecule has 0 aliphatic rings. The van der Waals surface area contributed by atoms with Gasteiger partial charge in [0.15, 0.2) is 9.84 Å². The largest absolute Gasteiger partial charge is 0.325 e. The maximum absolute atomic E-state index is 11.7. The van der Waals surface area contributed by atoms with Crippen molar-refractivity contribution in [3.63, 3.8) is 0 Å². The number of rotatable bonds is 4. The van der Waals surface area contributed by atoms with Gasteiger partial charge in [0.2, 0.25) is 0 Å². The minimum Gasteiger partial charge on any atom is -0.325 e. The van der Waals surface area contributed by atoms with Crippen molar-refractivity contribution in [3.05, 3.63) is 16.1 Å². The van der Waals surface area contributed by atoms with Crippen LogP contribution in [0, 0.1) is 6.92 Å². The Morgan fingerprint density at radius 1 is 1.53 bits per heavy atom. The third kappa shape index (κ3) is 4.72. The average Bonchev–Trinajstić information content (AvgIpc) is 2.27.